The maximum absolute atomic E-state index is 5.84. The van der Waals surface area contributed by atoms with Crippen molar-refractivity contribution in [1.29, 1.82) is 0 Å². The molecule has 2 aromatic rings. The molecule has 1 fully saturated rings. The van der Waals surface area contributed by atoms with E-state index in [1.54, 1.807) is 0 Å². The van der Waals surface area contributed by atoms with Gasteiger partial charge in [0.05, 0.1) is 12.8 Å². The van der Waals surface area contributed by atoms with Crippen molar-refractivity contribution in [3.05, 3.63) is 35.9 Å². The van der Waals surface area contributed by atoms with Crippen LogP contribution in [0, 0.1) is 0 Å². The molecule has 1 aliphatic heterocycles. The number of benzene rings is 1. The molecule has 0 spiro atoms. The van der Waals surface area contributed by atoms with Gasteiger partial charge < -0.3 is 14.5 Å². The van der Waals surface area contributed by atoms with Gasteiger partial charge in [-0.1, -0.05) is 0 Å². The van der Waals surface area contributed by atoms with Gasteiger partial charge in [-0.2, -0.15) is 0 Å². The van der Waals surface area contributed by atoms with E-state index in [0.717, 1.165) is 55.0 Å². The Morgan fingerprint density at radius 2 is 2.25 bits per heavy atom. The van der Waals surface area contributed by atoms with E-state index in [-0.39, 0.29) is 0 Å². The lowest BCUT2D eigenvalue weighted by Gasteiger charge is -2.01. The summed E-state index contributed by atoms with van der Waals surface area (Å²) in [6, 6.07) is 6.95. The molecule has 2 heterocycles. The Morgan fingerprint density at radius 3 is 3.15 bits per heavy atom. The molecule has 4 heteroatoms. The van der Waals surface area contributed by atoms with E-state index in [1.165, 1.54) is 18.4 Å². The van der Waals surface area contributed by atoms with Crippen LogP contribution in [0.15, 0.2) is 28.8 Å². The number of ether oxygens (including phenoxy) is 1. The van der Waals surface area contributed by atoms with Crippen LogP contribution in [0.5, 0.6) is 5.75 Å². The maximum atomic E-state index is 5.84. The lowest BCUT2D eigenvalue weighted by Crippen LogP contribution is -2.19. The normalized spacial score (nSPS) is 17.0. The zero-order chi connectivity index (χ0) is 13.4. The van der Waals surface area contributed by atoms with Gasteiger partial charge in [0, 0.05) is 31.0 Å². The number of hydrogen-bond acceptors (Lipinski definition) is 4. The molecule has 1 aromatic carbocycles. The van der Waals surface area contributed by atoms with E-state index >= 15 is 0 Å². The summed E-state index contributed by atoms with van der Waals surface area (Å²) in [7, 11) is 0. The summed E-state index contributed by atoms with van der Waals surface area (Å²) in [5.74, 6) is 2.66. The number of nitrogens with zero attached hydrogens (tertiary/aromatic N) is 1. The van der Waals surface area contributed by atoms with Gasteiger partial charge in [-0.15, -0.1) is 0 Å². The number of oxazole rings is 1. The molecule has 1 saturated carbocycles. The van der Waals surface area contributed by atoms with E-state index in [4.69, 9.17) is 9.15 Å². The second-order valence-corrected chi connectivity index (χ2v) is 5.52. The van der Waals surface area contributed by atoms with E-state index in [0.29, 0.717) is 0 Å². The monoisotopic (exact) mass is 270 g/mol. The molecule has 0 saturated heterocycles. The minimum Gasteiger partial charge on any atom is -0.493 e. The van der Waals surface area contributed by atoms with Gasteiger partial charge in [0.25, 0.3) is 0 Å². The number of rotatable bonds is 5. The van der Waals surface area contributed by atoms with Gasteiger partial charge in [-0.05, 0) is 36.6 Å². The average molecular weight is 270 g/mol. The first-order chi connectivity index (χ1) is 9.88. The SMILES string of the molecule is c1cc2c(cc1-c1cnc(CCNC3CC3)o1)CCO2. The molecule has 0 unspecified atom stereocenters. The molecular weight excluding hydrogens is 252 g/mol. The molecule has 0 amide bonds. The van der Waals surface area contributed by atoms with E-state index in [2.05, 4.69) is 16.4 Å². The highest BCUT2D eigenvalue weighted by Gasteiger charge is 2.20. The predicted molar refractivity (Wildman–Crippen MR) is 75.9 cm³/mol. The third kappa shape index (κ3) is 2.43. The molecule has 1 N–H and O–H groups in total. The summed E-state index contributed by atoms with van der Waals surface area (Å²) in [4.78, 5) is 4.37. The highest BCUT2D eigenvalue weighted by molar-refractivity contribution is 5.60. The van der Waals surface area contributed by atoms with Crippen molar-refractivity contribution in [2.75, 3.05) is 13.2 Å². The minimum absolute atomic E-state index is 0.737. The molecule has 0 radical (unpaired) electrons. The molecular formula is C16H18N2O2. The summed E-state index contributed by atoms with van der Waals surface area (Å²) in [6.07, 6.45) is 6.28. The van der Waals surface area contributed by atoms with Crippen molar-refractivity contribution in [3.8, 4) is 17.1 Å². The van der Waals surface area contributed by atoms with Crippen molar-refractivity contribution >= 4 is 0 Å². The summed E-state index contributed by atoms with van der Waals surface area (Å²) >= 11 is 0. The number of aromatic nitrogens is 1. The predicted octanol–water partition coefficient (Wildman–Crippen LogP) is 2.57. The van der Waals surface area contributed by atoms with Crippen molar-refractivity contribution in [3.63, 3.8) is 0 Å². The highest BCUT2D eigenvalue weighted by atomic mass is 16.5. The Morgan fingerprint density at radius 1 is 1.30 bits per heavy atom. The fourth-order valence-electron chi connectivity index (χ4n) is 2.57. The lowest BCUT2D eigenvalue weighted by atomic mass is 10.1. The fourth-order valence-corrected chi connectivity index (χ4v) is 2.57. The zero-order valence-electron chi connectivity index (χ0n) is 11.4. The molecule has 0 atom stereocenters. The van der Waals surface area contributed by atoms with Gasteiger partial charge >= 0.3 is 0 Å². The van der Waals surface area contributed by atoms with Gasteiger partial charge in [-0.25, -0.2) is 4.98 Å². The van der Waals surface area contributed by atoms with Crippen molar-refractivity contribution < 1.29 is 9.15 Å². The van der Waals surface area contributed by atoms with Crippen LogP contribution in [0.2, 0.25) is 0 Å². The van der Waals surface area contributed by atoms with Crippen molar-refractivity contribution in [2.24, 2.45) is 0 Å². The second-order valence-electron chi connectivity index (χ2n) is 5.52. The Balaban J connectivity index is 1.46. The Hall–Kier alpha value is -1.81. The Bertz CT molecular complexity index is 617. The standard InChI is InChI=1S/C16H18N2O2/c1-4-14-12(6-8-19-14)9-11(1)15-10-18-16(20-15)5-7-17-13-2-3-13/h1,4,9-10,13,17H,2-3,5-8H2. The molecule has 104 valence electrons. The first-order valence-electron chi connectivity index (χ1n) is 7.33. The summed E-state index contributed by atoms with van der Waals surface area (Å²) < 4.78 is 11.4. The van der Waals surface area contributed by atoms with Crippen molar-refractivity contribution in [2.45, 2.75) is 31.7 Å². The van der Waals surface area contributed by atoms with Gasteiger partial charge in [-0.3, -0.25) is 0 Å². The highest BCUT2D eigenvalue weighted by Crippen LogP contribution is 2.30. The summed E-state index contributed by atoms with van der Waals surface area (Å²) in [5.41, 5.74) is 2.35. The van der Waals surface area contributed by atoms with Gasteiger partial charge in [0.1, 0.15) is 5.75 Å². The average Bonchev–Trinajstić information content (AvgIpc) is 2.99. The second kappa shape index (κ2) is 4.94. The largest absolute Gasteiger partial charge is 0.493 e. The molecule has 2 aliphatic rings. The van der Waals surface area contributed by atoms with Crippen molar-refractivity contribution in [1.82, 2.24) is 10.3 Å². The third-order valence-corrected chi connectivity index (χ3v) is 3.88. The summed E-state index contributed by atoms with van der Waals surface area (Å²) in [5, 5.41) is 3.47. The van der Waals surface area contributed by atoms with Crippen LogP contribution >= 0.6 is 0 Å². The Kier molecular flexibility index (Phi) is 2.96. The van der Waals surface area contributed by atoms with E-state index in [1.807, 2.05) is 18.3 Å². The molecule has 20 heavy (non-hydrogen) atoms. The molecule has 4 nitrogen and oxygen atoms in total. The molecule has 1 aliphatic carbocycles. The third-order valence-electron chi connectivity index (χ3n) is 3.88. The number of fused-ring (bicyclic) bond motifs is 1. The lowest BCUT2D eigenvalue weighted by molar-refractivity contribution is 0.357. The Labute approximate surface area is 118 Å². The van der Waals surface area contributed by atoms with E-state index < -0.39 is 0 Å². The van der Waals surface area contributed by atoms with Gasteiger partial charge in [0.15, 0.2) is 11.7 Å². The fraction of sp³-hybridized carbons (Fsp3) is 0.438. The first kappa shape index (κ1) is 12.0. The van der Waals surface area contributed by atoms with Gasteiger partial charge in [0.2, 0.25) is 0 Å². The topological polar surface area (TPSA) is 47.3 Å². The minimum atomic E-state index is 0.737. The molecule has 1 aromatic heterocycles. The van der Waals surface area contributed by atoms with Crippen LogP contribution in [0.3, 0.4) is 0 Å². The van der Waals surface area contributed by atoms with Crippen LogP contribution in [-0.2, 0) is 12.8 Å². The van der Waals surface area contributed by atoms with E-state index in [9.17, 15) is 0 Å². The van der Waals surface area contributed by atoms with Crippen LogP contribution in [0.1, 0.15) is 24.3 Å². The molecule has 4 rings (SSSR count). The van der Waals surface area contributed by atoms with Crippen LogP contribution in [0.25, 0.3) is 11.3 Å². The number of hydrogen-bond donors (Lipinski definition) is 1. The first-order valence-corrected chi connectivity index (χ1v) is 7.33. The maximum Gasteiger partial charge on any atom is 0.196 e. The van der Waals surface area contributed by atoms with Crippen LogP contribution in [0.4, 0.5) is 0 Å². The quantitative estimate of drug-likeness (QED) is 0.907. The smallest absolute Gasteiger partial charge is 0.196 e. The number of nitrogens with one attached hydrogen (secondary N) is 1. The van der Waals surface area contributed by atoms with Crippen LogP contribution in [-0.4, -0.2) is 24.2 Å². The van der Waals surface area contributed by atoms with Crippen LogP contribution < -0.4 is 10.1 Å². The zero-order valence-corrected chi connectivity index (χ0v) is 11.4. The molecule has 0 bridgehead atoms. The summed E-state index contributed by atoms with van der Waals surface area (Å²) in [6.45, 7) is 1.73.